The van der Waals surface area contributed by atoms with E-state index < -0.39 is 0 Å². The summed E-state index contributed by atoms with van der Waals surface area (Å²) in [6, 6.07) is 8.39. The molecule has 0 radical (unpaired) electrons. The Kier molecular flexibility index (Phi) is 3.73. The van der Waals surface area contributed by atoms with Crippen LogP contribution in [0.1, 0.15) is 42.7 Å². The van der Waals surface area contributed by atoms with Crippen LogP contribution in [0.2, 0.25) is 0 Å². The van der Waals surface area contributed by atoms with E-state index >= 15 is 0 Å². The van der Waals surface area contributed by atoms with Crippen LogP contribution in [-0.4, -0.2) is 19.4 Å². The third kappa shape index (κ3) is 2.33. The van der Waals surface area contributed by atoms with Crippen LogP contribution in [-0.2, 0) is 4.79 Å². The molecular formula is C14H19NO. The second-order valence-corrected chi connectivity index (χ2v) is 4.58. The molecular weight excluding hydrogens is 198 g/mol. The first-order valence-electron chi connectivity index (χ1n) is 6.07. The molecule has 1 aliphatic heterocycles. The molecule has 16 heavy (non-hydrogen) atoms. The lowest BCUT2D eigenvalue weighted by atomic mass is 9.84. The largest absolute Gasteiger partial charge is 0.317 e. The lowest BCUT2D eigenvalue weighted by molar-refractivity contribution is -0.108. The molecule has 1 aromatic rings. The van der Waals surface area contributed by atoms with Crippen molar-refractivity contribution in [2.45, 2.75) is 31.6 Å². The molecule has 0 spiro atoms. The number of carbonyl (C=O) groups is 1. The SMILES string of the molecule is CC(C=O)c1ccccc1C1CCNCC1. The fraction of sp³-hybridized carbons (Fsp3) is 0.500. The van der Waals surface area contributed by atoms with Gasteiger partial charge in [0.15, 0.2) is 0 Å². The van der Waals surface area contributed by atoms with Crippen LogP contribution in [0.4, 0.5) is 0 Å². The molecule has 2 rings (SSSR count). The van der Waals surface area contributed by atoms with Crippen LogP contribution in [0.3, 0.4) is 0 Å². The van der Waals surface area contributed by atoms with Crippen molar-refractivity contribution in [3.05, 3.63) is 35.4 Å². The average Bonchev–Trinajstić information content (AvgIpc) is 2.39. The number of piperidine rings is 1. The fourth-order valence-corrected chi connectivity index (χ4v) is 2.50. The van der Waals surface area contributed by atoms with Crippen molar-refractivity contribution in [3.8, 4) is 0 Å². The van der Waals surface area contributed by atoms with E-state index in [1.807, 2.05) is 13.0 Å². The van der Waals surface area contributed by atoms with Crippen LogP contribution in [0, 0.1) is 0 Å². The summed E-state index contributed by atoms with van der Waals surface area (Å²) in [6.45, 7) is 4.16. The molecule has 1 atom stereocenters. The smallest absolute Gasteiger partial charge is 0.127 e. The van der Waals surface area contributed by atoms with Crippen LogP contribution < -0.4 is 5.32 Å². The molecule has 2 heteroatoms. The van der Waals surface area contributed by atoms with Crippen LogP contribution in [0.25, 0.3) is 0 Å². The predicted molar refractivity (Wildman–Crippen MR) is 65.8 cm³/mol. The summed E-state index contributed by atoms with van der Waals surface area (Å²) in [5, 5.41) is 3.38. The van der Waals surface area contributed by atoms with Gasteiger partial charge in [-0.2, -0.15) is 0 Å². The van der Waals surface area contributed by atoms with Gasteiger partial charge < -0.3 is 10.1 Å². The van der Waals surface area contributed by atoms with Gasteiger partial charge in [-0.05, 0) is 43.0 Å². The Bertz CT molecular complexity index is 356. The molecule has 1 aromatic carbocycles. The van der Waals surface area contributed by atoms with Gasteiger partial charge in [-0.3, -0.25) is 0 Å². The van der Waals surface area contributed by atoms with E-state index in [-0.39, 0.29) is 5.92 Å². The van der Waals surface area contributed by atoms with Gasteiger partial charge in [0.2, 0.25) is 0 Å². The number of hydrogen-bond acceptors (Lipinski definition) is 2. The number of nitrogens with one attached hydrogen (secondary N) is 1. The first kappa shape index (κ1) is 11.3. The summed E-state index contributed by atoms with van der Waals surface area (Å²) in [7, 11) is 0. The lowest BCUT2D eigenvalue weighted by Crippen LogP contribution is -2.27. The first-order chi connectivity index (χ1) is 7.83. The van der Waals surface area contributed by atoms with E-state index in [0.717, 1.165) is 19.4 Å². The predicted octanol–water partition coefficient (Wildman–Crippen LogP) is 2.46. The highest BCUT2D eigenvalue weighted by atomic mass is 16.1. The second-order valence-electron chi connectivity index (χ2n) is 4.58. The number of hydrogen-bond donors (Lipinski definition) is 1. The van der Waals surface area contributed by atoms with E-state index in [9.17, 15) is 4.79 Å². The van der Waals surface area contributed by atoms with Crippen LogP contribution in [0.5, 0.6) is 0 Å². The minimum absolute atomic E-state index is 0.0195. The van der Waals surface area contributed by atoms with Crippen molar-refractivity contribution in [2.24, 2.45) is 0 Å². The monoisotopic (exact) mass is 217 g/mol. The molecule has 1 heterocycles. The highest BCUT2D eigenvalue weighted by Crippen LogP contribution is 2.31. The third-order valence-corrected chi connectivity index (χ3v) is 3.47. The van der Waals surface area contributed by atoms with Gasteiger partial charge in [-0.25, -0.2) is 0 Å². The van der Waals surface area contributed by atoms with Crippen LogP contribution >= 0.6 is 0 Å². The lowest BCUT2D eigenvalue weighted by Gasteiger charge is -2.25. The minimum Gasteiger partial charge on any atom is -0.317 e. The van der Waals surface area contributed by atoms with E-state index in [0.29, 0.717) is 5.92 Å². The van der Waals surface area contributed by atoms with Gasteiger partial charge in [-0.15, -0.1) is 0 Å². The molecule has 1 fully saturated rings. The average molecular weight is 217 g/mol. The van der Waals surface area contributed by atoms with Crippen molar-refractivity contribution in [3.63, 3.8) is 0 Å². The van der Waals surface area contributed by atoms with Gasteiger partial charge in [0.1, 0.15) is 6.29 Å². The van der Waals surface area contributed by atoms with Gasteiger partial charge in [0.25, 0.3) is 0 Å². The Morgan fingerprint density at radius 3 is 2.69 bits per heavy atom. The van der Waals surface area contributed by atoms with E-state index in [1.54, 1.807) is 0 Å². The van der Waals surface area contributed by atoms with Crippen molar-refractivity contribution in [1.82, 2.24) is 5.32 Å². The number of benzene rings is 1. The van der Waals surface area contributed by atoms with E-state index in [1.165, 1.54) is 24.0 Å². The number of aldehydes is 1. The highest BCUT2D eigenvalue weighted by Gasteiger charge is 2.19. The van der Waals surface area contributed by atoms with Gasteiger partial charge in [-0.1, -0.05) is 31.2 Å². The third-order valence-electron chi connectivity index (χ3n) is 3.47. The molecule has 2 nitrogen and oxygen atoms in total. The van der Waals surface area contributed by atoms with Crippen molar-refractivity contribution < 1.29 is 4.79 Å². The Labute approximate surface area is 97.1 Å². The molecule has 0 amide bonds. The first-order valence-corrected chi connectivity index (χ1v) is 6.07. The van der Waals surface area contributed by atoms with Gasteiger partial charge >= 0.3 is 0 Å². The van der Waals surface area contributed by atoms with Crippen molar-refractivity contribution >= 4 is 6.29 Å². The molecule has 0 saturated carbocycles. The van der Waals surface area contributed by atoms with Crippen molar-refractivity contribution in [2.75, 3.05) is 13.1 Å². The zero-order chi connectivity index (χ0) is 11.4. The second kappa shape index (κ2) is 5.26. The fourth-order valence-electron chi connectivity index (χ4n) is 2.50. The van der Waals surface area contributed by atoms with Gasteiger partial charge in [0, 0.05) is 5.92 Å². The topological polar surface area (TPSA) is 29.1 Å². The summed E-state index contributed by atoms with van der Waals surface area (Å²) < 4.78 is 0. The molecule has 0 bridgehead atoms. The van der Waals surface area contributed by atoms with Gasteiger partial charge in [0.05, 0.1) is 0 Å². The highest BCUT2D eigenvalue weighted by molar-refractivity contribution is 5.62. The number of rotatable bonds is 3. The Morgan fingerprint density at radius 1 is 1.31 bits per heavy atom. The summed E-state index contributed by atoms with van der Waals surface area (Å²) in [4.78, 5) is 10.9. The molecule has 1 saturated heterocycles. The maximum Gasteiger partial charge on any atom is 0.127 e. The maximum absolute atomic E-state index is 10.9. The molecule has 1 unspecified atom stereocenters. The minimum atomic E-state index is 0.0195. The molecule has 0 aromatic heterocycles. The zero-order valence-electron chi connectivity index (χ0n) is 9.78. The summed E-state index contributed by atoms with van der Waals surface area (Å²) in [6.07, 6.45) is 3.41. The van der Waals surface area contributed by atoms with Crippen molar-refractivity contribution in [1.29, 1.82) is 0 Å². The Hall–Kier alpha value is -1.15. The van der Waals surface area contributed by atoms with E-state index in [4.69, 9.17) is 0 Å². The normalized spacial score (nSPS) is 19.3. The molecule has 0 aliphatic carbocycles. The number of carbonyl (C=O) groups excluding carboxylic acids is 1. The Balaban J connectivity index is 2.27. The molecule has 1 N–H and O–H groups in total. The standard InChI is InChI=1S/C14H19NO/c1-11(10-16)13-4-2-3-5-14(13)12-6-8-15-9-7-12/h2-5,10-12,15H,6-9H2,1H3. The Morgan fingerprint density at radius 2 is 2.00 bits per heavy atom. The quantitative estimate of drug-likeness (QED) is 0.788. The maximum atomic E-state index is 10.9. The molecule has 86 valence electrons. The van der Waals surface area contributed by atoms with E-state index in [2.05, 4.69) is 23.5 Å². The zero-order valence-corrected chi connectivity index (χ0v) is 9.78. The molecule has 1 aliphatic rings. The summed E-state index contributed by atoms with van der Waals surface area (Å²) in [5.41, 5.74) is 2.59. The summed E-state index contributed by atoms with van der Waals surface area (Å²) in [5.74, 6) is 0.644. The van der Waals surface area contributed by atoms with Crippen LogP contribution in [0.15, 0.2) is 24.3 Å². The summed E-state index contributed by atoms with van der Waals surface area (Å²) >= 11 is 0.